The lowest BCUT2D eigenvalue weighted by molar-refractivity contribution is -0.385. The second-order valence-electron chi connectivity index (χ2n) is 6.31. The molecule has 14 nitrogen and oxygen atoms in total. The van der Waals surface area contributed by atoms with Crippen molar-refractivity contribution in [2.75, 3.05) is 17.5 Å². The maximum atomic E-state index is 10.7. The molecule has 0 heterocycles. The topological polar surface area (TPSA) is 216 Å². The predicted octanol–water partition coefficient (Wildman–Crippen LogP) is 0.444. The van der Waals surface area contributed by atoms with Gasteiger partial charge in [0.2, 0.25) is 0 Å². The van der Waals surface area contributed by atoms with Crippen molar-refractivity contribution in [2.24, 2.45) is 10.2 Å². The SMILES string of the molecule is O=[N+]([O-])c1ccc(N/N=C(/C=N/Nc2ccc([N+](=O)[O-])cc2)C(O)C(O)C(O)CO)cc1. The van der Waals surface area contributed by atoms with Crippen LogP contribution in [0.3, 0.4) is 0 Å². The molecule has 0 amide bonds. The quantitative estimate of drug-likeness (QED) is 0.158. The molecule has 3 atom stereocenters. The summed E-state index contributed by atoms with van der Waals surface area (Å²) >= 11 is 0. The van der Waals surface area contributed by atoms with Crippen molar-refractivity contribution in [1.82, 2.24) is 0 Å². The number of nitro benzene ring substituents is 2. The molecule has 0 fully saturated rings. The average Bonchev–Trinajstić information content (AvgIpc) is 2.80. The molecule has 0 bridgehead atoms. The Kier molecular flexibility index (Phi) is 8.67. The molecule has 2 aromatic rings. The van der Waals surface area contributed by atoms with E-state index in [0.29, 0.717) is 11.4 Å². The largest absolute Gasteiger partial charge is 0.394 e. The third-order valence-electron chi connectivity index (χ3n) is 4.07. The van der Waals surface area contributed by atoms with Gasteiger partial charge in [-0.05, 0) is 24.3 Å². The van der Waals surface area contributed by atoms with Crippen molar-refractivity contribution in [3.63, 3.8) is 0 Å². The second kappa shape index (κ2) is 11.4. The molecule has 0 aromatic heterocycles. The van der Waals surface area contributed by atoms with Gasteiger partial charge in [-0.2, -0.15) is 10.2 Å². The zero-order chi connectivity index (χ0) is 23.7. The van der Waals surface area contributed by atoms with Gasteiger partial charge in [0.05, 0.1) is 34.0 Å². The van der Waals surface area contributed by atoms with E-state index in [-0.39, 0.29) is 17.1 Å². The Labute approximate surface area is 180 Å². The van der Waals surface area contributed by atoms with Crippen LogP contribution in [-0.4, -0.2) is 67.1 Å². The molecule has 2 aromatic carbocycles. The molecule has 0 saturated carbocycles. The van der Waals surface area contributed by atoms with Gasteiger partial charge in [0, 0.05) is 24.3 Å². The first-order chi connectivity index (χ1) is 15.2. The fourth-order valence-electron chi connectivity index (χ4n) is 2.28. The van der Waals surface area contributed by atoms with Gasteiger partial charge in [-0.15, -0.1) is 0 Å². The number of benzene rings is 2. The molecule has 0 aliphatic carbocycles. The Morgan fingerprint density at radius 3 is 1.81 bits per heavy atom. The number of anilines is 2. The summed E-state index contributed by atoms with van der Waals surface area (Å²) in [5.74, 6) is 0. The fourth-order valence-corrected chi connectivity index (χ4v) is 2.28. The second-order valence-corrected chi connectivity index (χ2v) is 6.31. The number of hydrogen-bond donors (Lipinski definition) is 6. The first-order valence-corrected chi connectivity index (χ1v) is 8.99. The minimum absolute atomic E-state index is 0.120. The predicted molar refractivity (Wildman–Crippen MR) is 114 cm³/mol. The third-order valence-corrected chi connectivity index (χ3v) is 4.07. The van der Waals surface area contributed by atoms with Crippen molar-refractivity contribution in [3.05, 3.63) is 68.8 Å². The number of rotatable bonds is 11. The van der Waals surface area contributed by atoms with Crippen LogP contribution >= 0.6 is 0 Å². The molecule has 6 N–H and O–H groups in total. The minimum atomic E-state index is -1.80. The van der Waals surface area contributed by atoms with E-state index in [9.17, 15) is 35.5 Å². The third kappa shape index (κ3) is 6.78. The molecule has 0 aliphatic rings. The molecule has 14 heteroatoms. The number of hydrogen-bond acceptors (Lipinski definition) is 12. The number of nitro groups is 2. The van der Waals surface area contributed by atoms with Crippen LogP contribution in [-0.2, 0) is 0 Å². The number of nitrogens with one attached hydrogen (secondary N) is 2. The van der Waals surface area contributed by atoms with E-state index in [4.69, 9.17) is 5.11 Å². The number of non-ortho nitro benzene ring substituents is 2. The van der Waals surface area contributed by atoms with Gasteiger partial charge in [-0.3, -0.25) is 31.1 Å². The van der Waals surface area contributed by atoms with E-state index < -0.39 is 34.8 Å². The van der Waals surface area contributed by atoms with Crippen molar-refractivity contribution >= 4 is 34.7 Å². The van der Waals surface area contributed by atoms with E-state index in [1.54, 1.807) is 0 Å². The number of hydrazone groups is 2. The van der Waals surface area contributed by atoms with Crippen molar-refractivity contribution in [2.45, 2.75) is 18.3 Å². The summed E-state index contributed by atoms with van der Waals surface area (Å²) in [6, 6.07) is 10.4. The van der Waals surface area contributed by atoms with Crippen LogP contribution in [0.25, 0.3) is 0 Å². The summed E-state index contributed by atoms with van der Waals surface area (Å²) in [6.07, 6.45) is -4.23. The number of aliphatic hydroxyl groups is 4. The van der Waals surface area contributed by atoms with Gasteiger partial charge in [-0.25, -0.2) is 0 Å². The van der Waals surface area contributed by atoms with E-state index in [0.717, 1.165) is 6.21 Å². The Balaban J connectivity index is 2.18. The van der Waals surface area contributed by atoms with E-state index in [1.165, 1.54) is 48.5 Å². The zero-order valence-electron chi connectivity index (χ0n) is 16.3. The van der Waals surface area contributed by atoms with Gasteiger partial charge in [0.1, 0.15) is 24.0 Å². The number of aliphatic hydroxyl groups excluding tert-OH is 4. The van der Waals surface area contributed by atoms with Gasteiger partial charge < -0.3 is 20.4 Å². The van der Waals surface area contributed by atoms with E-state index in [1.807, 2.05) is 0 Å². The Morgan fingerprint density at radius 2 is 1.38 bits per heavy atom. The summed E-state index contributed by atoms with van der Waals surface area (Å²) in [7, 11) is 0. The monoisotopic (exact) mass is 448 g/mol. The Bertz CT molecular complexity index is 980. The average molecular weight is 448 g/mol. The standard InChI is InChI=1S/C18H20N6O8/c25-10-16(26)18(28)17(27)15(22-21-12-3-7-14(8-4-12)24(31)32)9-19-20-11-1-5-13(6-2-11)23(29)30/h1-9,16-18,20-21,25-28H,10H2/b19-9+,22-15-. The lowest BCUT2D eigenvalue weighted by Crippen LogP contribution is -2.44. The smallest absolute Gasteiger partial charge is 0.269 e. The first kappa shape index (κ1) is 24.3. The summed E-state index contributed by atoms with van der Waals surface area (Å²) in [4.78, 5) is 20.3. The highest BCUT2D eigenvalue weighted by atomic mass is 16.6. The molecule has 170 valence electrons. The first-order valence-electron chi connectivity index (χ1n) is 8.99. The lowest BCUT2D eigenvalue weighted by Gasteiger charge is -2.21. The van der Waals surface area contributed by atoms with Crippen LogP contribution < -0.4 is 10.9 Å². The van der Waals surface area contributed by atoms with Crippen LogP contribution in [0.15, 0.2) is 58.7 Å². The van der Waals surface area contributed by atoms with Gasteiger partial charge in [0.25, 0.3) is 11.4 Å². The van der Waals surface area contributed by atoms with Crippen molar-refractivity contribution in [1.29, 1.82) is 0 Å². The normalized spacial score (nSPS) is 14.6. The zero-order valence-corrected chi connectivity index (χ0v) is 16.3. The highest BCUT2D eigenvalue weighted by Gasteiger charge is 2.28. The van der Waals surface area contributed by atoms with Crippen molar-refractivity contribution < 1.29 is 30.3 Å². The van der Waals surface area contributed by atoms with E-state index >= 15 is 0 Å². The van der Waals surface area contributed by atoms with Crippen molar-refractivity contribution in [3.8, 4) is 0 Å². The maximum absolute atomic E-state index is 10.7. The Morgan fingerprint density at radius 1 is 0.906 bits per heavy atom. The van der Waals surface area contributed by atoms with E-state index in [2.05, 4.69) is 21.1 Å². The molecule has 0 aliphatic heterocycles. The van der Waals surface area contributed by atoms with Gasteiger partial charge >= 0.3 is 0 Å². The molecular formula is C18H20N6O8. The maximum Gasteiger partial charge on any atom is 0.269 e. The Hall–Kier alpha value is -3.98. The molecule has 0 radical (unpaired) electrons. The summed E-state index contributed by atoms with van der Waals surface area (Å²) in [6.45, 7) is -0.820. The van der Waals surface area contributed by atoms with Crippen LogP contribution in [0, 0.1) is 20.2 Å². The summed E-state index contributed by atoms with van der Waals surface area (Å²) in [5.41, 5.74) is 5.24. The van der Waals surface area contributed by atoms with Gasteiger partial charge in [-0.1, -0.05) is 0 Å². The lowest BCUT2D eigenvalue weighted by atomic mass is 10.0. The minimum Gasteiger partial charge on any atom is -0.394 e. The molecule has 0 spiro atoms. The molecule has 2 rings (SSSR count). The summed E-state index contributed by atoms with van der Waals surface area (Å²) in [5, 5.41) is 67.9. The molecule has 32 heavy (non-hydrogen) atoms. The molecule has 0 saturated heterocycles. The van der Waals surface area contributed by atoms with Crippen LogP contribution in [0.2, 0.25) is 0 Å². The molecule has 3 unspecified atom stereocenters. The highest BCUT2D eigenvalue weighted by Crippen LogP contribution is 2.16. The van der Waals surface area contributed by atoms with Crippen LogP contribution in [0.5, 0.6) is 0 Å². The van der Waals surface area contributed by atoms with Crippen LogP contribution in [0.1, 0.15) is 0 Å². The molecular weight excluding hydrogens is 428 g/mol. The summed E-state index contributed by atoms with van der Waals surface area (Å²) < 4.78 is 0. The highest BCUT2D eigenvalue weighted by molar-refractivity contribution is 6.33. The van der Waals surface area contributed by atoms with Crippen LogP contribution in [0.4, 0.5) is 22.7 Å². The van der Waals surface area contributed by atoms with Gasteiger partial charge in [0.15, 0.2) is 0 Å². The fraction of sp³-hybridized carbons (Fsp3) is 0.222. The number of nitrogens with zero attached hydrogens (tertiary/aromatic N) is 4.